The van der Waals surface area contributed by atoms with E-state index >= 15 is 0 Å². The van der Waals surface area contributed by atoms with E-state index in [0.717, 1.165) is 29.5 Å². The Bertz CT molecular complexity index is 1010. The first-order valence-corrected chi connectivity index (χ1v) is 12.3. The van der Waals surface area contributed by atoms with Crippen LogP contribution < -0.4 is 5.32 Å². The number of carbonyl (C=O) groups is 2. The van der Waals surface area contributed by atoms with E-state index < -0.39 is 23.3 Å². The Labute approximate surface area is 208 Å². The number of hydrogen-bond acceptors (Lipinski definition) is 5. The van der Waals surface area contributed by atoms with Gasteiger partial charge in [-0.25, -0.2) is 4.79 Å². The van der Waals surface area contributed by atoms with Gasteiger partial charge >= 0.3 is 6.09 Å². The van der Waals surface area contributed by atoms with E-state index in [-0.39, 0.29) is 18.1 Å². The molecule has 0 aliphatic carbocycles. The van der Waals surface area contributed by atoms with Gasteiger partial charge in [0.2, 0.25) is 5.91 Å². The molecule has 0 aromatic heterocycles. The smallest absolute Gasteiger partial charge is 0.408 e. The summed E-state index contributed by atoms with van der Waals surface area (Å²) in [5.41, 5.74) is 1.81. The number of nitrogens with one attached hydrogen (secondary N) is 1. The van der Waals surface area contributed by atoms with Crippen LogP contribution in [-0.4, -0.2) is 53.3 Å². The largest absolute Gasteiger partial charge is 0.508 e. The molecule has 190 valence electrons. The quantitative estimate of drug-likeness (QED) is 0.506. The SMILES string of the molecule is CCCCOC1(c2ccccc2C)CN(C(=O)C(Cc2ccc(O)cc2)NC(=O)OC(C)(C)C)C1. The number of aromatic hydroxyl groups is 1. The molecule has 2 N–H and O–H groups in total. The number of rotatable bonds is 9. The Kier molecular flexibility index (Phi) is 8.43. The molecule has 1 atom stereocenters. The summed E-state index contributed by atoms with van der Waals surface area (Å²) in [5.74, 6) is -0.0426. The minimum atomic E-state index is -0.806. The lowest BCUT2D eigenvalue weighted by Gasteiger charge is -2.51. The number of phenols is 1. The molecule has 2 amide bonds. The van der Waals surface area contributed by atoms with Gasteiger partial charge in [0.25, 0.3) is 0 Å². The molecular weight excluding hydrogens is 444 g/mol. The molecule has 35 heavy (non-hydrogen) atoms. The third-order valence-electron chi connectivity index (χ3n) is 6.08. The van der Waals surface area contributed by atoms with Gasteiger partial charge in [0.1, 0.15) is 23.0 Å². The molecule has 1 unspecified atom stereocenters. The molecule has 1 aliphatic rings. The van der Waals surface area contributed by atoms with E-state index in [1.165, 1.54) is 0 Å². The van der Waals surface area contributed by atoms with Gasteiger partial charge in [-0.15, -0.1) is 0 Å². The van der Waals surface area contributed by atoms with Crippen molar-refractivity contribution in [1.82, 2.24) is 10.2 Å². The molecule has 0 saturated carbocycles. The summed E-state index contributed by atoms with van der Waals surface area (Å²) in [5, 5.41) is 12.4. The number of unbranched alkanes of at least 4 members (excludes halogenated alkanes) is 1. The number of carbonyl (C=O) groups excluding carboxylic acids is 2. The standard InChI is InChI=1S/C28H38N2O5/c1-6-7-16-34-28(23-11-9-8-10-20(23)2)18-30(19-28)25(32)24(29-26(33)35-27(3,4)5)17-21-12-14-22(31)15-13-21/h8-15,24,31H,6-7,16-19H2,1-5H3,(H,29,33). The highest BCUT2D eigenvalue weighted by Gasteiger charge is 2.49. The number of benzene rings is 2. The Hall–Kier alpha value is -3.06. The van der Waals surface area contributed by atoms with Crippen LogP contribution in [0.3, 0.4) is 0 Å². The van der Waals surface area contributed by atoms with E-state index in [4.69, 9.17) is 9.47 Å². The molecule has 0 spiro atoms. The van der Waals surface area contributed by atoms with Crippen LogP contribution in [0, 0.1) is 6.92 Å². The third-order valence-corrected chi connectivity index (χ3v) is 6.08. The summed E-state index contributed by atoms with van der Waals surface area (Å²) in [6.45, 7) is 11.0. The first kappa shape index (κ1) is 26.5. The number of hydrogen-bond donors (Lipinski definition) is 2. The molecule has 2 aromatic carbocycles. The van der Waals surface area contributed by atoms with Crippen molar-refractivity contribution in [2.75, 3.05) is 19.7 Å². The van der Waals surface area contributed by atoms with E-state index in [2.05, 4.69) is 31.3 Å². The second kappa shape index (κ2) is 11.1. The van der Waals surface area contributed by atoms with Crippen LogP contribution in [0.2, 0.25) is 0 Å². The van der Waals surface area contributed by atoms with Crippen LogP contribution in [0.1, 0.15) is 57.2 Å². The predicted octanol–water partition coefficient (Wildman–Crippen LogP) is 4.69. The van der Waals surface area contributed by atoms with Gasteiger partial charge in [-0.2, -0.15) is 0 Å². The average Bonchev–Trinajstić information content (AvgIpc) is 2.75. The molecule has 3 rings (SSSR count). The number of likely N-dealkylation sites (tertiary alicyclic amines) is 1. The highest BCUT2D eigenvalue weighted by atomic mass is 16.6. The number of ether oxygens (including phenoxy) is 2. The fourth-order valence-electron chi connectivity index (χ4n) is 4.30. The summed E-state index contributed by atoms with van der Waals surface area (Å²) in [6.07, 6.45) is 1.62. The Balaban J connectivity index is 1.78. The number of alkyl carbamates (subject to hydrolysis) is 1. The Morgan fingerprint density at radius 2 is 1.77 bits per heavy atom. The molecule has 2 aromatic rings. The van der Waals surface area contributed by atoms with E-state index in [1.807, 2.05) is 12.1 Å². The number of aryl methyl sites for hydroxylation is 1. The monoisotopic (exact) mass is 482 g/mol. The topological polar surface area (TPSA) is 88.1 Å². The Morgan fingerprint density at radius 1 is 1.11 bits per heavy atom. The first-order valence-electron chi connectivity index (χ1n) is 12.3. The number of phenolic OH excluding ortho intramolecular Hbond substituents is 1. The van der Waals surface area contributed by atoms with Crippen molar-refractivity contribution >= 4 is 12.0 Å². The summed E-state index contributed by atoms with van der Waals surface area (Å²) < 4.78 is 11.8. The predicted molar refractivity (Wildman–Crippen MR) is 135 cm³/mol. The molecular formula is C28H38N2O5. The average molecular weight is 483 g/mol. The van der Waals surface area contributed by atoms with Crippen LogP contribution in [0.4, 0.5) is 4.79 Å². The number of amides is 2. The molecule has 1 fully saturated rings. The molecule has 0 radical (unpaired) electrons. The zero-order chi connectivity index (χ0) is 25.6. The van der Waals surface area contributed by atoms with Crippen molar-refractivity contribution in [2.45, 2.75) is 71.1 Å². The fraction of sp³-hybridized carbons (Fsp3) is 0.500. The maximum absolute atomic E-state index is 13.6. The first-order chi connectivity index (χ1) is 16.5. The van der Waals surface area contributed by atoms with Gasteiger partial charge in [0.15, 0.2) is 0 Å². The van der Waals surface area contributed by atoms with E-state index in [0.29, 0.717) is 19.7 Å². The summed E-state index contributed by atoms with van der Waals surface area (Å²) >= 11 is 0. The van der Waals surface area contributed by atoms with E-state index in [9.17, 15) is 14.7 Å². The van der Waals surface area contributed by atoms with Crippen molar-refractivity contribution < 1.29 is 24.2 Å². The maximum atomic E-state index is 13.6. The third kappa shape index (κ3) is 6.98. The van der Waals surface area contributed by atoms with Crippen molar-refractivity contribution in [3.05, 3.63) is 65.2 Å². The van der Waals surface area contributed by atoms with Crippen LogP contribution >= 0.6 is 0 Å². The lowest BCUT2D eigenvalue weighted by atomic mass is 9.82. The fourth-order valence-corrected chi connectivity index (χ4v) is 4.30. The molecule has 7 heteroatoms. The second-order valence-corrected chi connectivity index (χ2v) is 10.3. The lowest BCUT2D eigenvalue weighted by Crippen LogP contribution is -2.66. The van der Waals surface area contributed by atoms with Crippen molar-refractivity contribution in [3.8, 4) is 5.75 Å². The molecule has 1 saturated heterocycles. The molecule has 1 aliphatic heterocycles. The van der Waals surface area contributed by atoms with Gasteiger partial charge in [0.05, 0.1) is 13.1 Å². The summed E-state index contributed by atoms with van der Waals surface area (Å²) in [4.78, 5) is 27.9. The molecule has 1 heterocycles. The van der Waals surface area contributed by atoms with Crippen LogP contribution in [0.15, 0.2) is 48.5 Å². The minimum Gasteiger partial charge on any atom is -0.508 e. The van der Waals surface area contributed by atoms with Crippen molar-refractivity contribution in [2.24, 2.45) is 0 Å². The minimum absolute atomic E-state index is 0.145. The van der Waals surface area contributed by atoms with Gasteiger partial charge in [0, 0.05) is 13.0 Å². The maximum Gasteiger partial charge on any atom is 0.408 e. The van der Waals surface area contributed by atoms with E-state index in [1.54, 1.807) is 49.9 Å². The van der Waals surface area contributed by atoms with Crippen LogP contribution in [0.25, 0.3) is 0 Å². The molecule has 0 bridgehead atoms. The van der Waals surface area contributed by atoms with Crippen LogP contribution in [-0.2, 0) is 26.3 Å². The normalized spacial score (nSPS) is 15.7. The van der Waals surface area contributed by atoms with Crippen molar-refractivity contribution in [1.29, 1.82) is 0 Å². The zero-order valence-electron chi connectivity index (χ0n) is 21.5. The lowest BCUT2D eigenvalue weighted by molar-refractivity contribution is -0.175. The summed E-state index contributed by atoms with van der Waals surface area (Å²) in [6, 6.07) is 13.9. The Morgan fingerprint density at radius 3 is 2.37 bits per heavy atom. The number of nitrogens with zero attached hydrogens (tertiary/aromatic N) is 1. The van der Waals surface area contributed by atoms with Crippen LogP contribution in [0.5, 0.6) is 5.75 Å². The highest BCUT2D eigenvalue weighted by Crippen LogP contribution is 2.38. The van der Waals surface area contributed by atoms with Gasteiger partial charge in [-0.1, -0.05) is 49.7 Å². The van der Waals surface area contributed by atoms with Gasteiger partial charge < -0.3 is 24.8 Å². The summed E-state index contributed by atoms with van der Waals surface area (Å²) in [7, 11) is 0. The van der Waals surface area contributed by atoms with Gasteiger partial charge in [-0.3, -0.25) is 4.79 Å². The second-order valence-electron chi connectivity index (χ2n) is 10.3. The van der Waals surface area contributed by atoms with Gasteiger partial charge in [-0.05, 0) is 62.9 Å². The highest BCUT2D eigenvalue weighted by molar-refractivity contribution is 5.87. The zero-order valence-corrected chi connectivity index (χ0v) is 21.5. The van der Waals surface area contributed by atoms with Crippen molar-refractivity contribution in [3.63, 3.8) is 0 Å². The molecule has 7 nitrogen and oxygen atoms in total.